The highest BCUT2D eigenvalue weighted by Gasteiger charge is 2.32. The molecule has 0 bridgehead atoms. The first-order chi connectivity index (χ1) is 19.1. The van der Waals surface area contributed by atoms with E-state index < -0.39 is 0 Å². The summed E-state index contributed by atoms with van der Waals surface area (Å²) in [4.78, 5) is 24.8. The van der Waals surface area contributed by atoms with Crippen LogP contribution >= 0.6 is 11.6 Å². The van der Waals surface area contributed by atoms with Crippen LogP contribution < -0.4 is 10.9 Å². The van der Waals surface area contributed by atoms with Gasteiger partial charge in [-0.15, -0.1) is 5.10 Å². The molecule has 5 aromatic rings. The highest BCUT2D eigenvalue weighted by Crippen LogP contribution is 2.35. The van der Waals surface area contributed by atoms with E-state index in [0.29, 0.717) is 28.6 Å². The monoisotopic (exact) mass is 561 g/mol. The lowest BCUT2D eigenvalue weighted by Crippen LogP contribution is -2.50. The number of aliphatic hydroxyl groups is 1. The van der Waals surface area contributed by atoms with Gasteiger partial charge in [0.1, 0.15) is 22.8 Å². The normalized spacial score (nSPS) is 16.0. The molecule has 208 valence electrons. The predicted molar refractivity (Wildman–Crippen MR) is 156 cm³/mol. The minimum absolute atomic E-state index is 0.0619. The number of benzene rings is 1. The van der Waals surface area contributed by atoms with E-state index >= 15 is 0 Å². The van der Waals surface area contributed by atoms with Crippen LogP contribution in [0.3, 0.4) is 0 Å². The van der Waals surface area contributed by atoms with Crippen LogP contribution in [0, 0.1) is 6.92 Å². The third-order valence-electron chi connectivity index (χ3n) is 7.52. The number of aromatic nitrogens is 7. The molecule has 1 fully saturated rings. The van der Waals surface area contributed by atoms with Gasteiger partial charge in [-0.1, -0.05) is 17.7 Å². The Kier molecular flexibility index (Phi) is 6.60. The summed E-state index contributed by atoms with van der Waals surface area (Å²) in [5, 5.41) is 25.3. The molecule has 1 aliphatic heterocycles. The summed E-state index contributed by atoms with van der Waals surface area (Å²) in [5.74, 6) is 0.469. The number of pyridine rings is 2. The summed E-state index contributed by atoms with van der Waals surface area (Å²) >= 11 is 6.24. The Morgan fingerprint density at radius 3 is 2.65 bits per heavy atom. The maximum Gasteiger partial charge on any atom is 0.259 e. The molecule has 40 heavy (non-hydrogen) atoms. The van der Waals surface area contributed by atoms with E-state index in [9.17, 15) is 9.90 Å². The molecule has 11 nitrogen and oxygen atoms in total. The molecule has 2 N–H and O–H groups in total. The molecule has 1 aromatic carbocycles. The van der Waals surface area contributed by atoms with Crippen molar-refractivity contribution < 1.29 is 5.11 Å². The van der Waals surface area contributed by atoms with E-state index in [-0.39, 0.29) is 23.7 Å². The van der Waals surface area contributed by atoms with E-state index in [4.69, 9.17) is 16.7 Å². The molecule has 1 aliphatic rings. The van der Waals surface area contributed by atoms with Gasteiger partial charge in [-0.3, -0.25) is 18.9 Å². The number of nitrogens with zero attached hydrogens (tertiary/aromatic N) is 8. The molecule has 0 spiro atoms. The average molecular weight is 562 g/mol. The van der Waals surface area contributed by atoms with Gasteiger partial charge in [-0.05, 0) is 50.1 Å². The molecule has 2 unspecified atom stereocenters. The number of fused-ring (bicyclic) bond motifs is 3. The van der Waals surface area contributed by atoms with Gasteiger partial charge in [0.2, 0.25) is 5.82 Å². The fourth-order valence-electron chi connectivity index (χ4n) is 5.74. The minimum atomic E-state index is -0.381. The second-order valence-electron chi connectivity index (χ2n) is 10.8. The molecule has 6 rings (SSSR count). The molecule has 2 atom stereocenters. The summed E-state index contributed by atoms with van der Waals surface area (Å²) < 4.78 is 5.29. The van der Waals surface area contributed by atoms with Crippen LogP contribution in [0.2, 0.25) is 5.15 Å². The zero-order chi connectivity index (χ0) is 28.3. The lowest BCUT2D eigenvalue weighted by molar-refractivity contribution is 0.0489. The first kappa shape index (κ1) is 26.4. The van der Waals surface area contributed by atoms with Crippen molar-refractivity contribution in [2.75, 3.05) is 25.0 Å². The van der Waals surface area contributed by atoms with Crippen molar-refractivity contribution in [3.05, 3.63) is 63.4 Å². The van der Waals surface area contributed by atoms with Crippen LogP contribution in [0.5, 0.6) is 0 Å². The molecular weight excluding hydrogens is 530 g/mol. The third kappa shape index (κ3) is 4.53. The van der Waals surface area contributed by atoms with Gasteiger partial charge in [-0.2, -0.15) is 5.10 Å². The standard InChI is InChI=1S/C28H32ClN9O2/c1-15-8-19(17(3)32-22-6-7-23(29)33-25(22)26-30-14-35(4)34-26)24-20(9-15)28(40)36(5)27-21(24)10-31-38(27)18-12-37(13-18)11-16(2)39/h6-10,14,16-18,32,39H,11-13H2,1-5H3. The fourth-order valence-corrected chi connectivity index (χ4v) is 5.88. The maximum atomic E-state index is 13.7. The highest BCUT2D eigenvalue weighted by molar-refractivity contribution is 6.29. The number of rotatable bonds is 7. The smallest absolute Gasteiger partial charge is 0.259 e. The zero-order valence-electron chi connectivity index (χ0n) is 23.1. The van der Waals surface area contributed by atoms with Crippen molar-refractivity contribution in [3.63, 3.8) is 0 Å². The van der Waals surface area contributed by atoms with Gasteiger partial charge in [0.15, 0.2) is 0 Å². The predicted octanol–water partition coefficient (Wildman–Crippen LogP) is 3.45. The summed E-state index contributed by atoms with van der Waals surface area (Å²) in [7, 11) is 3.61. The lowest BCUT2D eigenvalue weighted by atomic mass is 9.95. The van der Waals surface area contributed by atoms with Crippen LogP contribution in [0.25, 0.3) is 33.3 Å². The number of halogens is 1. The van der Waals surface area contributed by atoms with Crippen molar-refractivity contribution in [1.82, 2.24) is 39.0 Å². The van der Waals surface area contributed by atoms with Crippen LogP contribution in [-0.4, -0.2) is 69.8 Å². The van der Waals surface area contributed by atoms with Gasteiger partial charge >= 0.3 is 0 Å². The Labute approximate surface area is 236 Å². The summed E-state index contributed by atoms with van der Waals surface area (Å²) in [5.41, 5.74) is 4.00. The van der Waals surface area contributed by atoms with Crippen molar-refractivity contribution in [2.24, 2.45) is 14.1 Å². The van der Waals surface area contributed by atoms with Crippen LogP contribution in [0.15, 0.2) is 41.6 Å². The molecule has 4 aromatic heterocycles. The number of hydrogen-bond acceptors (Lipinski definition) is 8. The fraction of sp³-hybridized carbons (Fsp3) is 0.393. The Bertz CT molecular complexity index is 1800. The first-order valence-corrected chi connectivity index (χ1v) is 13.7. The average Bonchev–Trinajstić information content (AvgIpc) is 3.51. The van der Waals surface area contributed by atoms with Gasteiger partial charge in [0, 0.05) is 55.9 Å². The second kappa shape index (κ2) is 9.99. The Balaban J connectivity index is 1.45. The van der Waals surface area contributed by atoms with Gasteiger partial charge in [-0.25, -0.2) is 14.6 Å². The quantitative estimate of drug-likeness (QED) is 0.290. The van der Waals surface area contributed by atoms with Crippen molar-refractivity contribution in [2.45, 2.75) is 39.0 Å². The van der Waals surface area contributed by atoms with Crippen LogP contribution in [0.1, 0.15) is 37.1 Å². The summed E-state index contributed by atoms with van der Waals surface area (Å²) in [6.07, 6.45) is 3.11. The number of anilines is 1. The van der Waals surface area contributed by atoms with Gasteiger partial charge < -0.3 is 10.4 Å². The zero-order valence-corrected chi connectivity index (χ0v) is 23.9. The van der Waals surface area contributed by atoms with Crippen molar-refractivity contribution in [3.8, 4) is 11.5 Å². The number of nitrogens with one attached hydrogen (secondary N) is 1. The van der Waals surface area contributed by atoms with Crippen LogP contribution in [0.4, 0.5) is 5.69 Å². The largest absolute Gasteiger partial charge is 0.392 e. The summed E-state index contributed by atoms with van der Waals surface area (Å²) in [6, 6.07) is 7.61. The van der Waals surface area contributed by atoms with E-state index in [0.717, 1.165) is 46.3 Å². The maximum absolute atomic E-state index is 13.7. The minimum Gasteiger partial charge on any atom is -0.392 e. The molecule has 5 heterocycles. The highest BCUT2D eigenvalue weighted by atomic mass is 35.5. The number of β-amino-alcohol motifs (C(OH)–C–C–N with tert-alkyl or cyclic N) is 1. The first-order valence-electron chi connectivity index (χ1n) is 13.3. The number of likely N-dealkylation sites (tertiary alicyclic amines) is 1. The molecule has 0 amide bonds. The number of aryl methyl sites for hydroxylation is 3. The molecule has 0 radical (unpaired) electrons. The van der Waals surface area contributed by atoms with Crippen molar-refractivity contribution >= 4 is 39.1 Å². The van der Waals surface area contributed by atoms with E-state index in [1.165, 1.54) is 0 Å². The van der Waals surface area contributed by atoms with Gasteiger partial charge in [0.05, 0.1) is 24.0 Å². The number of hydrogen-bond donors (Lipinski definition) is 2. The van der Waals surface area contributed by atoms with E-state index in [1.54, 1.807) is 35.6 Å². The Morgan fingerprint density at radius 1 is 1.18 bits per heavy atom. The van der Waals surface area contributed by atoms with Gasteiger partial charge in [0.25, 0.3) is 5.56 Å². The van der Waals surface area contributed by atoms with Crippen molar-refractivity contribution in [1.29, 1.82) is 0 Å². The Hall–Kier alpha value is -3.80. The van der Waals surface area contributed by atoms with Crippen LogP contribution in [-0.2, 0) is 14.1 Å². The molecule has 0 saturated carbocycles. The molecule has 1 saturated heterocycles. The van der Waals surface area contributed by atoms with E-state index in [1.807, 2.05) is 37.0 Å². The summed E-state index contributed by atoms with van der Waals surface area (Å²) in [6.45, 7) is 8.04. The SMILES string of the molecule is Cc1cc(C(C)Nc2ccc(Cl)nc2-c2ncn(C)n2)c2c(c1)c(=O)n(C)c1c2cnn1C1CN(CC(C)O)C1. The Morgan fingerprint density at radius 2 is 1.95 bits per heavy atom. The third-order valence-corrected chi connectivity index (χ3v) is 7.73. The molecular formula is C28H32ClN9O2. The van der Waals surface area contributed by atoms with E-state index in [2.05, 4.69) is 38.3 Å². The molecule has 0 aliphatic carbocycles. The lowest BCUT2D eigenvalue weighted by Gasteiger charge is -2.40. The second-order valence-corrected chi connectivity index (χ2v) is 11.2. The number of aliphatic hydroxyl groups excluding tert-OH is 1. The molecule has 12 heteroatoms. The topological polar surface area (TPSA) is 119 Å².